The Labute approximate surface area is 128 Å². The molecule has 0 aliphatic carbocycles. The highest BCUT2D eigenvalue weighted by Crippen LogP contribution is 2.19. The van der Waals surface area contributed by atoms with Crippen molar-refractivity contribution in [2.75, 3.05) is 0 Å². The first-order chi connectivity index (χ1) is 9.86. The summed E-state index contributed by atoms with van der Waals surface area (Å²) in [5, 5.41) is 16.1. The van der Waals surface area contributed by atoms with Crippen LogP contribution in [0.3, 0.4) is 0 Å². The van der Waals surface area contributed by atoms with Gasteiger partial charge < -0.3 is 10.4 Å². The summed E-state index contributed by atoms with van der Waals surface area (Å²) in [7, 11) is 1.71. The van der Waals surface area contributed by atoms with E-state index in [4.69, 9.17) is 16.7 Å². The van der Waals surface area contributed by atoms with Gasteiger partial charge in [0.25, 0.3) is 0 Å². The molecule has 7 heteroatoms. The predicted molar refractivity (Wildman–Crippen MR) is 81.1 cm³/mol. The van der Waals surface area contributed by atoms with Gasteiger partial charge in [-0.1, -0.05) is 31.4 Å². The zero-order chi connectivity index (χ0) is 16.0. The van der Waals surface area contributed by atoms with Crippen LogP contribution in [0.4, 0.5) is 0 Å². The summed E-state index contributed by atoms with van der Waals surface area (Å²) in [5.74, 6) is -1.49. The molecule has 0 saturated carbocycles. The Balaban J connectivity index is 2.71. The number of aryl methyl sites for hydroxylation is 2. The first kappa shape index (κ1) is 17.2. The number of carbonyl (C=O) groups is 2. The van der Waals surface area contributed by atoms with Crippen molar-refractivity contribution in [2.45, 2.75) is 39.2 Å². The van der Waals surface area contributed by atoms with Crippen LogP contribution in [0.25, 0.3) is 6.08 Å². The molecule has 0 aliphatic heterocycles. The van der Waals surface area contributed by atoms with E-state index in [1.807, 2.05) is 6.92 Å². The van der Waals surface area contributed by atoms with Crippen LogP contribution in [0, 0.1) is 6.92 Å². The third kappa shape index (κ3) is 4.90. The van der Waals surface area contributed by atoms with E-state index in [9.17, 15) is 9.59 Å². The minimum atomic E-state index is -1.03. The maximum Gasteiger partial charge on any atom is 0.326 e. The highest BCUT2D eigenvalue weighted by molar-refractivity contribution is 6.31. The lowest BCUT2D eigenvalue weighted by atomic mass is 10.1. The number of nitrogens with zero attached hydrogens (tertiary/aromatic N) is 2. The molecule has 1 rings (SSSR count). The van der Waals surface area contributed by atoms with E-state index < -0.39 is 17.9 Å². The molecule has 6 nitrogen and oxygen atoms in total. The Morgan fingerprint density at radius 3 is 2.67 bits per heavy atom. The fourth-order valence-corrected chi connectivity index (χ4v) is 2.12. The molecule has 116 valence electrons. The summed E-state index contributed by atoms with van der Waals surface area (Å²) >= 11 is 6.05. The SMILES string of the molecule is CCCCC(NC(=O)/C=C/c1c(C)nn(C)c1Cl)C(=O)O. The van der Waals surface area contributed by atoms with Gasteiger partial charge in [0.1, 0.15) is 11.2 Å². The van der Waals surface area contributed by atoms with Crippen molar-refractivity contribution < 1.29 is 14.7 Å². The number of amides is 1. The van der Waals surface area contributed by atoms with Crippen LogP contribution in [0.5, 0.6) is 0 Å². The minimum Gasteiger partial charge on any atom is -0.480 e. The minimum absolute atomic E-state index is 0.415. The Hall–Kier alpha value is -1.82. The van der Waals surface area contributed by atoms with E-state index in [-0.39, 0.29) is 0 Å². The maximum atomic E-state index is 11.8. The van der Waals surface area contributed by atoms with Gasteiger partial charge in [-0.15, -0.1) is 0 Å². The zero-order valence-electron chi connectivity index (χ0n) is 12.4. The largest absolute Gasteiger partial charge is 0.480 e. The van der Waals surface area contributed by atoms with Gasteiger partial charge in [-0.2, -0.15) is 5.10 Å². The molecule has 1 atom stereocenters. The van der Waals surface area contributed by atoms with E-state index >= 15 is 0 Å². The van der Waals surface area contributed by atoms with Crippen LogP contribution in [-0.2, 0) is 16.6 Å². The van der Waals surface area contributed by atoms with Crippen molar-refractivity contribution in [3.8, 4) is 0 Å². The molecule has 0 bridgehead atoms. The normalized spacial score (nSPS) is 12.6. The summed E-state index contributed by atoms with van der Waals surface area (Å²) in [6, 6.07) is -0.868. The van der Waals surface area contributed by atoms with E-state index in [1.165, 1.54) is 10.8 Å². The van der Waals surface area contributed by atoms with Crippen molar-refractivity contribution in [2.24, 2.45) is 7.05 Å². The molecule has 1 amide bonds. The van der Waals surface area contributed by atoms with Crippen molar-refractivity contribution in [1.82, 2.24) is 15.1 Å². The first-order valence-corrected chi connectivity index (χ1v) is 7.15. The molecule has 0 fully saturated rings. The van der Waals surface area contributed by atoms with Gasteiger partial charge in [0.15, 0.2) is 0 Å². The number of aliphatic carboxylic acids is 1. The zero-order valence-corrected chi connectivity index (χ0v) is 13.1. The molecule has 0 saturated heterocycles. The number of halogens is 1. The van der Waals surface area contributed by atoms with Crippen LogP contribution in [0.2, 0.25) is 5.15 Å². The molecule has 0 aromatic carbocycles. The fraction of sp³-hybridized carbons (Fsp3) is 0.500. The number of carboxylic acids is 1. The van der Waals surface area contributed by atoms with Crippen molar-refractivity contribution in [1.29, 1.82) is 0 Å². The average molecular weight is 314 g/mol. The topological polar surface area (TPSA) is 84.2 Å². The Morgan fingerprint density at radius 1 is 1.52 bits per heavy atom. The van der Waals surface area contributed by atoms with Crippen LogP contribution >= 0.6 is 11.6 Å². The number of hydrogen-bond acceptors (Lipinski definition) is 3. The van der Waals surface area contributed by atoms with Crippen LogP contribution in [0.1, 0.15) is 37.4 Å². The lowest BCUT2D eigenvalue weighted by Crippen LogP contribution is -2.39. The Kier molecular flexibility index (Phi) is 6.42. The lowest BCUT2D eigenvalue weighted by molar-refractivity contribution is -0.141. The number of unbranched alkanes of at least 4 members (excludes halogenated alkanes) is 1. The Morgan fingerprint density at radius 2 is 2.19 bits per heavy atom. The summed E-state index contributed by atoms with van der Waals surface area (Å²) in [6.45, 7) is 3.75. The molecule has 1 unspecified atom stereocenters. The van der Waals surface area contributed by atoms with E-state index in [0.717, 1.165) is 12.8 Å². The molecule has 1 heterocycles. The van der Waals surface area contributed by atoms with Gasteiger partial charge >= 0.3 is 5.97 Å². The standard InChI is InChI=1S/C14H20ClN3O3/c1-4-5-6-11(14(20)21)16-12(19)8-7-10-9(2)17-18(3)13(10)15/h7-8,11H,4-6H2,1-3H3,(H,16,19)(H,20,21)/b8-7+. The van der Waals surface area contributed by atoms with E-state index in [2.05, 4.69) is 10.4 Å². The third-order valence-corrected chi connectivity index (χ3v) is 3.51. The molecule has 0 aliphatic rings. The predicted octanol–water partition coefficient (Wildman–Crippen LogP) is 2.15. The molecule has 2 N–H and O–H groups in total. The highest BCUT2D eigenvalue weighted by Gasteiger charge is 2.18. The van der Waals surface area contributed by atoms with Gasteiger partial charge in [-0.05, 0) is 19.4 Å². The second-order valence-electron chi connectivity index (χ2n) is 4.79. The fourth-order valence-electron chi connectivity index (χ4n) is 1.88. The molecular formula is C14H20ClN3O3. The highest BCUT2D eigenvalue weighted by atomic mass is 35.5. The molecule has 1 aromatic rings. The molecule has 0 radical (unpaired) electrons. The van der Waals surface area contributed by atoms with E-state index in [1.54, 1.807) is 20.0 Å². The molecular weight excluding hydrogens is 294 g/mol. The second-order valence-corrected chi connectivity index (χ2v) is 5.15. The molecule has 1 aromatic heterocycles. The van der Waals surface area contributed by atoms with Gasteiger partial charge in [-0.3, -0.25) is 9.48 Å². The Bertz CT molecular complexity index is 552. The summed E-state index contributed by atoms with van der Waals surface area (Å²) in [6.07, 6.45) is 4.85. The number of rotatable bonds is 7. The quantitative estimate of drug-likeness (QED) is 0.755. The van der Waals surface area contributed by atoms with Crippen LogP contribution in [0.15, 0.2) is 6.08 Å². The first-order valence-electron chi connectivity index (χ1n) is 6.77. The van der Waals surface area contributed by atoms with Crippen LogP contribution in [-0.4, -0.2) is 32.8 Å². The third-order valence-electron chi connectivity index (χ3n) is 3.06. The monoisotopic (exact) mass is 313 g/mol. The smallest absolute Gasteiger partial charge is 0.326 e. The number of carboxylic acid groups (broad SMARTS) is 1. The number of nitrogens with one attached hydrogen (secondary N) is 1. The van der Waals surface area contributed by atoms with Crippen molar-refractivity contribution in [3.63, 3.8) is 0 Å². The van der Waals surface area contributed by atoms with Crippen molar-refractivity contribution >= 4 is 29.6 Å². The average Bonchev–Trinajstić information content (AvgIpc) is 2.66. The second kappa shape index (κ2) is 7.83. The van der Waals surface area contributed by atoms with Crippen molar-refractivity contribution in [3.05, 3.63) is 22.5 Å². The van der Waals surface area contributed by atoms with Gasteiger partial charge in [0.05, 0.1) is 5.69 Å². The number of hydrogen-bond donors (Lipinski definition) is 2. The molecule has 0 spiro atoms. The lowest BCUT2D eigenvalue weighted by Gasteiger charge is -2.12. The van der Waals surface area contributed by atoms with Crippen LogP contribution < -0.4 is 5.32 Å². The maximum absolute atomic E-state index is 11.8. The number of carbonyl (C=O) groups excluding carboxylic acids is 1. The van der Waals surface area contributed by atoms with Gasteiger partial charge in [0.2, 0.25) is 5.91 Å². The molecule has 21 heavy (non-hydrogen) atoms. The summed E-state index contributed by atoms with van der Waals surface area (Å²) in [5.41, 5.74) is 1.35. The number of aromatic nitrogens is 2. The van der Waals surface area contributed by atoms with E-state index in [0.29, 0.717) is 22.8 Å². The summed E-state index contributed by atoms with van der Waals surface area (Å²) in [4.78, 5) is 22.8. The van der Waals surface area contributed by atoms with Gasteiger partial charge in [0, 0.05) is 18.7 Å². The summed E-state index contributed by atoms with van der Waals surface area (Å²) < 4.78 is 1.51. The van der Waals surface area contributed by atoms with Gasteiger partial charge in [-0.25, -0.2) is 4.79 Å².